The van der Waals surface area contributed by atoms with Crippen LogP contribution < -0.4 is 10.5 Å². The van der Waals surface area contributed by atoms with Crippen molar-refractivity contribution in [2.24, 2.45) is 11.3 Å². The molecule has 1 atom stereocenters. The van der Waals surface area contributed by atoms with E-state index in [0.717, 1.165) is 6.42 Å². The minimum atomic E-state index is -3.53. The summed E-state index contributed by atoms with van der Waals surface area (Å²) in [6.07, 6.45) is 3.80. The average molecular weight is 255 g/mol. The molecule has 0 spiro atoms. The third kappa shape index (κ3) is 2.58. The number of anilines is 1. The molecule has 5 nitrogen and oxygen atoms in total. The third-order valence-corrected chi connectivity index (χ3v) is 4.81. The van der Waals surface area contributed by atoms with Gasteiger partial charge in [-0.15, -0.1) is 0 Å². The highest BCUT2D eigenvalue weighted by Gasteiger charge is 2.45. The van der Waals surface area contributed by atoms with Crippen molar-refractivity contribution < 1.29 is 8.42 Å². The Labute approximate surface area is 101 Å². The molecule has 94 valence electrons. The SMILES string of the molecule is CC1(C)CC1CNS(=O)(=O)c1cnccc1N. The number of sulfonamides is 1. The molecule has 0 saturated heterocycles. The van der Waals surface area contributed by atoms with Gasteiger partial charge >= 0.3 is 0 Å². The highest BCUT2D eigenvalue weighted by atomic mass is 32.2. The van der Waals surface area contributed by atoms with Gasteiger partial charge in [-0.25, -0.2) is 13.1 Å². The van der Waals surface area contributed by atoms with Gasteiger partial charge in [-0.3, -0.25) is 4.98 Å². The van der Waals surface area contributed by atoms with Crippen molar-refractivity contribution in [3.05, 3.63) is 18.5 Å². The summed E-state index contributed by atoms with van der Waals surface area (Å²) in [5.41, 5.74) is 6.10. The summed E-state index contributed by atoms with van der Waals surface area (Å²) in [5, 5.41) is 0. The molecule has 1 aromatic heterocycles. The summed E-state index contributed by atoms with van der Waals surface area (Å²) < 4.78 is 26.5. The van der Waals surface area contributed by atoms with Crippen LogP contribution >= 0.6 is 0 Å². The minimum absolute atomic E-state index is 0.0541. The van der Waals surface area contributed by atoms with Gasteiger partial charge in [0, 0.05) is 18.9 Å². The molecule has 3 N–H and O–H groups in total. The summed E-state index contributed by atoms with van der Waals surface area (Å²) in [6.45, 7) is 4.72. The summed E-state index contributed by atoms with van der Waals surface area (Å²) in [4.78, 5) is 3.84. The number of rotatable bonds is 4. The maximum absolute atomic E-state index is 12.0. The van der Waals surface area contributed by atoms with Crippen LogP contribution in [0.1, 0.15) is 20.3 Å². The number of pyridine rings is 1. The first-order valence-corrected chi connectivity index (χ1v) is 7.00. The summed E-state index contributed by atoms with van der Waals surface area (Å²) in [7, 11) is -3.53. The molecule has 0 aliphatic heterocycles. The monoisotopic (exact) mass is 255 g/mol. The number of nitrogens with two attached hydrogens (primary N) is 1. The molecular formula is C11H17N3O2S. The summed E-state index contributed by atoms with van der Waals surface area (Å²) >= 11 is 0. The largest absolute Gasteiger partial charge is 0.398 e. The van der Waals surface area contributed by atoms with E-state index in [9.17, 15) is 8.42 Å². The predicted molar refractivity (Wildman–Crippen MR) is 65.7 cm³/mol. The fraction of sp³-hybridized carbons (Fsp3) is 0.545. The van der Waals surface area contributed by atoms with Gasteiger partial charge in [0.25, 0.3) is 0 Å². The van der Waals surface area contributed by atoms with Gasteiger partial charge in [-0.05, 0) is 23.8 Å². The lowest BCUT2D eigenvalue weighted by Crippen LogP contribution is -2.27. The van der Waals surface area contributed by atoms with E-state index in [4.69, 9.17) is 5.73 Å². The number of aromatic nitrogens is 1. The maximum Gasteiger partial charge on any atom is 0.244 e. The van der Waals surface area contributed by atoms with Crippen LogP contribution in [0.4, 0.5) is 5.69 Å². The van der Waals surface area contributed by atoms with E-state index in [2.05, 4.69) is 23.6 Å². The second-order valence-corrected chi connectivity index (χ2v) is 6.89. The van der Waals surface area contributed by atoms with Crippen LogP contribution in [0, 0.1) is 11.3 Å². The third-order valence-electron chi connectivity index (χ3n) is 3.34. The first kappa shape index (κ1) is 12.3. The zero-order valence-electron chi connectivity index (χ0n) is 9.97. The smallest absolute Gasteiger partial charge is 0.244 e. The summed E-state index contributed by atoms with van der Waals surface area (Å²) in [6, 6.07) is 1.48. The van der Waals surface area contributed by atoms with Crippen molar-refractivity contribution >= 4 is 15.7 Å². The molecule has 1 unspecified atom stereocenters. The molecule has 0 aromatic carbocycles. The fourth-order valence-corrected chi connectivity index (χ4v) is 2.98. The standard InChI is InChI=1S/C11H17N3O2S/c1-11(2)5-8(11)6-14-17(15,16)10-7-13-4-3-9(10)12/h3-4,7-8,14H,5-6H2,1-2H3,(H2,12,13). The highest BCUT2D eigenvalue weighted by Crippen LogP contribution is 2.51. The number of nitrogens with one attached hydrogen (secondary N) is 1. The average Bonchev–Trinajstić information content (AvgIpc) is 2.84. The van der Waals surface area contributed by atoms with Crippen molar-refractivity contribution in [3.8, 4) is 0 Å². The Kier molecular flexibility index (Phi) is 2.87. The number of nitrogen functional groups attached to an aromatic ring is 1. The first-order chi connectivity index (χ1) is 7.83. The lowest BCUT2D eigenvalue weighted by Gasteiger charge is -2.09. The van der Waals surface area contributed by atoms with Gasteiger partial charge < -0.3 is 5.73 Å². The Morgan fingerprint density at radius 2 is 2.24 bits per heavy atom. The van der Waals surface area contributed by atoms with E-state index in [1.54, 1.807) is 0 Å². The minimum Gasteiger partial charge on any atom is -0.398 e. The zero-order valence-corrected chi connectivity index (χ0v) is 10.8. The fourth-order valence-electron chi connectivity index (χ4n) is 1.83. The first-order valence-electron chi connectivity index (χ1n) is 5.52. The van der Waals surface area contributed by atoms with Gasteiger partial charge in [0.15, 0.2) is 0 Å². The van der Waals surface area contributed by atoms with E-state index in [1.165, 1.54) is 18.5 Å². The van der Waals surface area contributed by atoms with Crippen molar-refractivity contribution in [2.75, 3.05) is 12.3 Å². The normalized spacial score (nSPS) is 22.4. The Bertz CT molecular complexity index is 525. The molecular weight excluding hydrogens is 238 g/mol. The Hall–Kier alpha value is -1.14. The Morgan fingerprint density at radius 1 is 1.59 bits per heavy atom. The van der Waals surface area contributed by atoms with Crippen molar-refractivity contribution in [2.45, 2.75) is 25.2 Å². The molecule has 1 aliphatic rings. The van der Waals surface area contributed by atoms with Crippen LogP contribution in [-0.2, 0) is 10.0 Å². The van der Waals surface area contributed by atoms with Gasteiger partial charge in [0.2, 0.25) is 10.0 Å². The molecule has 2 rings (SSSR count). The van der Waals surface area contributed by atoms with Gasteiger partial charge in [-0.1, -0.05) is 13.8 Å². The molecule has 0 amide bonds. The lowest BCUT2D eigenvalue weighted by molar-refractivity contribution is 0.537. The van der Waals surface area contributed by atoms with Crippen molar-refractivity contribution in [1.29, 1.82) is 0 Å². The molecule has 0 bridgehead atoms. The topological polar surface area (TPSA) is 85.1 Å². The van der Waals surface area contributed by atoms with E-state index in [0.29, 0.717) is 12.5 Å². The number of nitrogens with zero attached hydrogens (tertiary/aromatic N) is 1. The van der Waals surface area contributed by atoms with Crippen LogP contribution in [-0.4, -0.2) is 19.9 Å². The number of hydrogen-bond acceptors (Lipinski definition) is 4. The second kappa shape index (κ2) is 3.96. The number of hydrogen-bond donors (Lipinski definition) is 2. The van der Waals surface area contributed by atoms with E-state index >= 15 is 0 Å². The van der Waals surface area contributed by atoms with Crippen LogP contribution in [0.5, 0.6) is 0 Å². The quantitative estimate of drug-likeness (QED) is 0.840. The molecule has 1 fully saturated rings. The van der Waals surface area contributed by atoms with Crippen LogP contribution in [0.15, 0.2) is 23.4 Å². The predicted octanol–water partition coefficient (Wildman–Crippen LogP) is 0.988. The molecule has 1 aromatic rings. The van der Waals surface area contributed by atoms with Crippen LogP contribution in [0.25, 0.3) is 0 Å². The molecule has 1 heterocycles. The van der Waals surface area contributed by atoms with E-state index < -0.39 is 10.0 Å². The maximum atomic E-state index is 12.0. The van der Waals surface area contributed by atoms with Crippen molar-refractivity contribution in [1.82, 2.24) is 9.71 Å². The Morgan fingerprint density at radius 3 is 2.76 bits per heavy atom. The highest BCUT2D eigenvalue weighted by molar-refractivity contribution is 7.89. The van der Waals surface area contributed by atoms with E-state index in [-0.39, 0.29) is 16.0 Å². The van der Waals surface area contributed by atoms with Crippen LogP contribution in [0.3, 0.4) is 0 Å². The second-order valence-electron chi connectivity index (χ2n) is 5.16. The van der Waals surface area contributed by atoms with Crippen molar-refractivity contribution in [3.63, 3.8) is 0 Å². The molecule has 1 saturated carbocycles. The van der Waals surface area contributed by atoms with Gasteiger partial charge in [0.05, 0.1) is 5.69 Å². The molecule has 0 radical (unpaired) electrons. The zero-order chi connectivity index (χ0) is 12.7. The van der Waals surface area contributed by atoms with Gasteiger partial charge in [0.1, 0.15) is 4.90 Å². The molecule has 1 aliphatic carbocycles. The summed E-state index contributed by atoms with van der Waals surface area (Å²) in [5.74, 6) is 0.412. The van der Waals surface area contributed by atoms with E-state index in [1.807, 2.05) is 0 Å². The molecule has 17 heavy (non-hydrogen) atoms. The van der Waals surface area contributed by atoms with Gasteiger partial charge in [-0.2, -0.15) is 0 Å². The molecule has 6 heteroatoms. The van der Waals surface area contributed by atoms with Crippen LogP contribution in [0.2, 0.25) is 0 Å². The lowest BCUT2D eigenvalue weighted by atomic mass is 10.1. The Balaban J connectivity index is 2.08.